The molecule has 3 heteroatoms. The lowest BCUT2D eigenvalue weighted by atomic mass is 9.89. The summed E-state index contributed by atoms with van der Waals surface area (Å²) >= 11 is 3.97. The maximum absolute atomic E-state index is 8.99. The summed E-state index contributed by atoms with van der Waals surface area (Å²) in [6, 6.07) is 0. The van der Waals surface area contributed by atoms with Crippen LogP contribution in [-0.2, 0) is 0 Å². The zero-order chi connectivity index (χ0) is 13.5. The van der Waals surface area contributed by atoms with Gasteiger partial charge in [0.2, 0.25) is 0 Å². The van der Waals surface area contributed by atoms with E-state index in [4.69, 9.17) is 5.02 Å². The van der Waals surface area contributed by atoms with E-state index in [2.05, 4.69) is 19.4 Å². The minimum Gasteiger partial charge on any atom is -0.442 e. The van der Waals surface area contributed by atoms with Crippen LogP contribution < -0.4 is 0 Å². The molecule has 0 bridgehead atoms. The van der Waals surface area contributed by atoms with Gasteiger partial charge in [-0.1, -0.05) is 90.4 Å². The van der Waals surface area contributed by atoms with Gasteiger partial charge in [-0.2, -0.15) is 12.5 Å². The van der Waals surface area contributed by atoms with E-state index in [-0.39, 0.29) is 0 Å². The molecule has 0 spiro atoms. The van der Waals surface area contributed by atoms with Gasteiger partial charge in [-0.3, -0.25) is 0 Å². The summed E-state index contributed by atoms with van der Waals surface area (Å²) in [5, 5.41) is 8.99. The minimum absolute atomic E-state index is 0.405. The molecule has 0 aliphatic heterocycles. The van der Waals surface area contributed by atoms with Crippen molar-refractivity contribution in [3.05, 3.63) is 0 Å². The van der Waals surface area contributed by atoms with Gasteiger partial charge < -0.3 is 5.02 Å². The summed E-state index contributed by atoms with van der Waals surface area (Å²) in [4.78, 5) is 0. The first kappa shape index (κ1) is 18.4. The van der Waals surface area contributed by atoms with Crippen LogP contribution in [0.15, 0.2) is 0 Å². The summed E-state index contributed by atoms with van der Waals surface area (Å²) in [6.45, 7) is 2.27. The van der Waals surface area contributed by atoms with E-state index >= 15 is 0 Å². The Balaban J connectivity index is 2.90. The van der Waals surface area contributed by atoms with Crippen LogP contribution in [-0.4, -0.2) is 11.2 Å². The molecule has 0 rings (SSSR count). The molecule has 0 fully saturated rings. The lowest BCUT2D eigenvalue weighted by Gasteiger charge is -2.03. The molecule has 0 aromatic carbocycles. The van der Waals surface area contributed by atoms with Gasteiger partial charge in [-0.05, 0) is 6.32 Å². The summed E-state index contributed by atoms with van der Waals surface area (Å²) < 4.78 is 0. The Bertz CT molecular complexity index is 153. The maximum atomic E-state index is 8.99. The van der Waals surface area contributed by atoms with Crippen molar-refractivity contribution in [1.29, 1.82) is 0 Å². The van der Waals surface area contributed by atoms with E-state index in [1.807, 2.05) is 0 Å². The maximum Gasteiger partial charge on any atom is 0.355 e. The van der Waals surface area contributed by atoms with E-state index in [0.29, 0.717) is 0 Å². The number of rotatable bonds is 14. The van der Waals surface area contributed by atoms with Gasteiger partial charge in [0.15, 0.2) is 0 Å². The molecular formula is C15H33BOS. The molecule has 0 atom stereocenters. The number of hydrogen-bond acceptors (Lipinski definition) is 2. The molecule has 0 radical (unpaired) electrons. The molecule has 0 unspecified atom stereocenters. The van der Waals surface area contributed by atoms with Crippen molar-refractivity contribution < 1.29 is 5.02 Å². The second-order valence-electron chi connectivity index (χ2n) is 5.51. The Morgan fingerprint density at radius 3 is 1.33 bits per heavy atom. The van der Waals surface area contributed by atoms with Crippen LogP contribution in [0.4, 0.5) is 0 Å². The monoisotopic (exact) mass is 272 g/mol. The topological polar surface area (TPSA) is 20.2 Å². The molecule has 1 nitrogen and oxygen atoms in total. The van der Waals surface area contributed by atoms with Crippen LogP contribution in [0.5, 0.6) is 0 Å². The second-order valence-corrected chi connectivity index (χ2v) is 6.11. The fourth-order valence-electron chi connectivity index (χ4n) is 2.34. The van der Waals surface area contributed by atoms with Crippen molar-refractivity contribution in [3.8, 4) is 0 Å². The predicted molar refractivity (Wildman–Crippen MR) is 87.5 cm³/mol. The van der Waals surface area contributed by atoms with Crippen LogP contribution in [0.1, 0.15) is 90.4 Å². The largest absolute Gasteiger partial charge is 0.442 e. The Kier molecular flexibility index (Phi) is 15.8. The molecular weight excluding hydrogens is 239 g/mol. The number of unbranched alkanes of at least 4 members (excludes halogenated alkanes) is 12. The highest BCUT2D eigenvalue weighted by molar-refractivity contribution is 8.09. The third kappa shape index (κ3) is 16.4. The van der Waals surface area contributed by atoms with Crippen molar-refractivity contribution in [2.45, 2.75) is 96.7 Å². The lowest BCUT2D eigenvalue weighted by molar-refractivity contribution is 0.539. The van der Waals surface area contributed by atoms with Gasteiger partial charge >= 0.3 is 6.19 Å². The smallest absolute Gasteiger partial charge is 0.355 e. The first-order chi connectivity index (χ1) is 8.77. The summed E-state index contributed by atoms with van der Waals surface area (Å²) in [6.07, 6.45) is 18.3. The third-order valence-electron chi connectivity index (χ3n) is 3.57. The van der Waals surface area contributed by atoms with Crippen molar-refractivity contribution in [2.75, 3.05) is 0 Å². The third-order valence-corrected chi connectivity index (χ3v) is 3.82. The van der Waals surface area contributed by atoms with Crippen LogP contribution >= 0.6 is 12.5 Å². The highest BCUT2D eigenvalue weighted by Crippen LogP contribution is 2.13. The fourth-order valence-corrected chi connectivity index (χ4v) is 2.53. The Morgan fingerprint density at radius 1 is 0.667 bits per heavy atom. The minimum atomic E-state index is -0.405. The molecule has 18 heavy (non-hydrogen) atoms. The van der Waals surface area contributed by atoms with Crippen molar-refractivity contribution in [1.82, 2.24) is 0 Å². The quantitative estimate of drug-likeness (QED) is 0.243. The van der Waals surface area contributed by atoms with Gasteiger partial charge in [0.05, 0.1) is 0 Å². The zero-order valence-electron chi connectivity index (χ0n) is 12.4. The molecule has 1 N–H and O–H groups in total. The van der Waals surface area contributed by atoms with E-state index in [1.54, 1.807) is 0 Å². The first-order valence-electron chi connectivity index (χ1n) is 8.13. The van der Waals surface area contributed by atoms with Crippen LogP contribution in [0.2, 0.25) is 6.32 Å². The average molecular weight is 272 g/mol. The normalized spacial score (nSPS) is 10.8. The molecule has 0 amide bonds. The Hall–Kier alpha value is 0.375. The molecule has 0 aliphatic rings. The average Bonchev–Trinajstić information content (AvgIpc) is 2.34. The molecule has 0 aliphatic carbocycles. The van der Waals surface area contributed by atoms with Gasteiger partial charge in [0.1, 0.15) is 0 Å². The lowest BCUT2D eigenvalue weighted by Crippen LogP contribution is -2.00. The molecule has 0 saturated carbocycles. The number of hydrogen-bond donors (Lipinski definition) is 2. The number of thiol groups is 1. The molecule has 0 saturated heterocycles. The van der Waals surface area contributed by atoms with Crippen LogP contribution in [0.25, 0.3) is 0 Å². The van der Waals surface area contributed by atoms with Crippen LogP contribution in [0, 0.1) is 0 Å². The Labute approximate surface area is 121 Å². The van der Waals surface area contributed by atoms with Gasteiger partial charge in [-0.15, -0.1) is 0 Å². The van der Waals surface area contributed by atoms with E-state index < -0.39 is 6.19 Å². The molecule has 0 aromatic rings. The highest BCUT2D eigenvalue weighted by Gasteiger charge is 2.01. The van der Waals surface area contributed by atoms with Gasteiger partial charge in [0, 0.05) is 0 Å². The Morgan fingerprint density at radius 2 is 1.00 bits per heavy atom. The fraction of sp³-hybridized carbons (Fsp3) is 1.00. The molecule has 0 heterocycles. The second kappa shape index (κ2) is 15.4. The SMILES string of the molecule is CCCCCCCCCCCCCCCB(O)S. The van der Waals surface area contributed by atoms with E-state index in [0.717, 1.165) is 12.7 Å². The first-order valence-corrected chi connectivity index (χ1v) is 8.65. The zero-order valence-corrected chi connectivity index (χ0v) is 13.3. The molecule has 0 aromatic heterocycles. The van der Waals surface area contributed by atoms with Crippen LogP contribution in [0.3, 0.4) is 0 Å². The van der Waals surface area contributed by atoms with Crippen molar-refractivity contribution in [2.24, 2.45) is 0 Å². The van der Waals surface area contributed by atoms with E-state index in [1.165, 1.54) is 77.0 Å². The molecule has 108 valence electrons. The van der Waals surface area contributed by atoms with Crippen molar-refractivity contribution in [3.63, 3.8) is 0 Å². The summed E-state index contributed by atoms with van der Waals surface area (Å²) in [7, 11) is 0. The standard InChI is InChI=1S/C15H33BOS/c1-2-3-4-5-6-7-8-9-10-11-12-13-14-15-16(17)18/h17-18H,2-15H2,1H3. The van der Waals surface area contributed by atoms with Gasteiger partial charge in [-0.25, -0.2) is 0 Å². The highest BCUT2D eigenvalue weighted by atomic mass is 32.1. The summed E-state index contributed by atoms with van der Waals surface area (Å²) in [5.41, 5.74) is 0. The predicted octanol–water partition coefficient (Wildman–Crippen LogP) is 5.49. The summed E-state index contributed by atoms with van der Waals surface area (Å²) in [5.74, 6) is 0. The van der Waals surface area contributed by atoms with E-state index in [9.17, 15) is 0 Å². The van der Waals surface area contributed by atoms with Crippen molar-refractivity contribution >= 4 is 18.7 Å². The van der Waals surface area contributed by atoms with Gasteiger partial charge in [0.25, 0.3) is 0 Å².